The maximum absolute atomic E-state index is 12.7. The molecule has 8 heteroatoms. The molecule has 1 unspecified atom stereocenters. The maximum atomic E-state index is 12.7. The first kappa shape index (κ1) is 16.3. The molecule has 0 spiro atoms. The van der Waals surface area contributed by atoms with Gasteiger partial charge >= 0.3 is 11.7 Å². The van der Waals surface area contributed by atoms with Crippen LogP contribution in [0.25, 0.3) is 11.0 Å². The zero-order valence-electron chi connectivity index (χ0n) is 13.3. The Bertz CT molecular complexity index is 838. The lowest BCUT2D eigenvalue weighted by atomic mass is 10.1. The number of para-hydroxylation sites is 2. The van der Waals surface area contributed by atoms with E-state index in [0.717, 1.165) is 5.52 Å². The molecule has 1 amide bonds. The fraction of sp³-hybridized carbons (Fsp3) is 0.438. The Kier molecular flexibility index (Phi) is 4.39. The summed E-state index contributed by atoms with van der Waals surface area (Å²) in [5.74, 6) is -1.26. The molecule has 0 aliphatic carbocycles. The quantitative estimate of drug-likeness (QED) is 0.853. The van der Waals surface area contributed by atoms with Crippen LogP contribution in [0, 0.1) is 0 Å². The van der Waals surface area contributed by atoms with Gasteiger partial charge in [-0.15, -0.1) is 0 Å². The molecule has 1 saturated heterocycles. The van der Waals surface area contributed by atoms with Crippen LogP contribution in [0.2, 0.25) is 0 Å². The minimum absolute atomic E-state index is 0.115. The highest BCUT2D eigenvalue weighted by molar-refractivity contribution is 5.81. The van der Waals surface area contributed by atoms with E-state index in [4.69, 9.17) is 9.84 Å². The standard InChI is InChI=1S/C16H19N3O5/c1-17-12-4-2-3-5-13(12)19(16(17)23)9-14(20)18-6-7-24-10-11(18)8-15(21)22/h2-5,11H,6-10H2,1H3,(H,21,22). The SMILES string of the molecule is Cn1c(=O)n(CC(=O)N2CCOCC2CC(=O)O)c2ccccc21. The topological polar surface area (TPSA) is 93.8 Å². The normalized spacial score (nSPS) is 18.0. The van der Waals surface area contributed by atoms with Crippen molar-refractivity contribution < 1.29 is 19.4 Å². The number of amides is 1. The number of aliphatic carboxylic acids is 1. The lowest BCUT2D eigenvalue weighted by Crippen LogP contribution is -2.51. The van der Waals surface area contributed by atoms with Gasteiger partial charge in [0.2, 0.25) is 5.91 Å². The first-order valence-electron chi connectivity index (χ1n) is 7.72. The summed E-state index contributed by atoms with van der Waals surface area (Å²) in [5.41, 5.74) is 1.16. The maximum Gasteiger partial charge on any atom is 0.329 e. The van der Waals surface area contributed by atoms with E-state index in [-0.39, 0.29) is 31.2 Å². The number of hydrogen-bond acceptors (Lipinski definition) is 4. The Morgan fingerprint density at radius 3 is 2.71 bits per heavy atom. The smallest absolute Gasteiger partial charge is 0.329 e. The number of aromatic nitrogens is 2. The number of carbonyl (C=O) groups excluding carboxylic acids is 1. The summed E-state index contributed by atoms with van der Waals surface area (Å²) in [5, 5.41) is 8.99. The highest BCUT2D eigenvalue weighted by Gasteiger charge is 2.29. The second-order valence-corrected chi connectivity index (χ2v) is 5.83. The van der Waals surface area contributed by atoms with E-state index in [1.165, 1.54) is 14.0 Å². The predicted octanol–water partition coefficient (Wildman–Crippen LogP) is 0.0421. The van der Waals surface area contributed by atoms with E-state index >= 15 is 0 Å². The molecule has 1 aliphatic heterocycles. The summed E-state index contributed by atoms with van der Waals surface area (Å²) >= 11 is 0. The molecule has 1 atom stereocenters. The monoisotopic (exact) mass is 333 g/mol. The molecule has 2 heterocycles. The number of hydrogen-bond donors (Lipinski definition) is 1. The molecule has 24 heavy (non-hydrogen) atoms. The van der Waals surface area contributed by atoms with Gasteiger partial charge in [0.25, 0.3) is 0 Å². The molecule has 1 fully saturated rings. The predicted molar refractivity (Wildman–Crippen MR) is 85.8 cm³/mol. The summed E-state index contributed by atoms with van der Waals surface area (Å²) in [4.78, 5) is 37.6. The van der Waals surface area contributed by atoms with E-state index in [1.807, 2.05) is 18.2 Å². The van der Waals surface area contributed by atoms with Gasteiger partial charge in [-0.05, 0) is 12.1 Å². The number of rotatable bonds is 4. The number of ether oxygens (including phenoxy) is 1. The van der Waals surface area contributed by atoms with Gasteiger partial charge in [0.15, 0.2) is 0 Å². The molecule has 1 N–H and O–H groups in total. The summed E-state index contributed by atoms with van der Waals surface area (Å²) in [6.07, 6.45) is -0.170. The average Bonchev–Trinajstić information content (AvgIpc) is 2.80. The Hall–Kier alpha value is -2.61. The molecular weight excluding hydrogens is 314 g/mol. The molecular formula is C16H19N3O5. The van der Waals surface area contributed by atoms with Crippen molar-refractivity contribution in [3.8, 4) is 0 Å². The van der Waals surface area contributed by atoms with E-state index in [1.54, 1.807) is 13.1 Å². The van der Waals surface area contributed by atoms with Crippen molar-refractivity contribution in [2.24, 2.45) is 7.05 Å². The van der Waals surface area contributed by atoms with Crippen LogP contribution in [0.1, 0.15) is 6.42 Å². The molecule has 0 saturated carbocycles. The fourth-order valence-electron chi connectivity index (χ4n) is 3.10. The van der Waals surface area contributed by atoms with Gasteiger partial charge in [-0.1, -0.05) is 12.1 Å². The lowest BCUT2D eigenvalue weighted by molar-refractivity contribution is -0.146. The van der Waals surface area contributed by atoms with Crippen molar-refractivity contribution >= 4 is 22.9 Å². The number of carbonyl (C=O) groups is 2. The zero-order valence-corrected chi connectivity index (χ0v) is 13.3. The molecule has 1 aromatic carbocycles. The van der Waals surface area contributed by atoms with Gasteiger partial charge in [0.1, 0.15) is 6.54 Å². The Balaban J connectivity index is 1.88. The molecule has 8 nitrogen and oxygen atoms in total. The van der Waals surface area contributed by atoms with Gasteiger partial charge in [-0.2, -0.15) is 0 Å². The largest absolute Gasteiger partial charge is 0.481 e. The van der Waals surface area contributed by atoms with Gasteiger partial charge in [-0.25, -0.2) is 4.79 Å². The Morgan fingerprint density at radius 1 is 1.29 bits per heavy atom. The lowest BCUT2D eigenvalue weighted by Gasteiger charge is -2.34. The molecule has 1 aliphatic rings. The third-order valence-corrected chi connectivity index (χ3v) is 4.30. The van der Waals surface area contributed by atoms with Crippen molar-refractivity contribution in [1.82, 2.24) is 14.0 Å². The molecule has 0 bridgehead atoms. The molecule has 3 rings (SSSR count). The van der Waals surface area contributed by atoms with Crippen LogP contribution in [-0.4, -0.2) is 56.8 Å². The highest BCUT2D eigenvalue weighted by Crippen LogP contribution is 2.15. The number of carboxylic acids is 1. The van der Waals surface area contributed by atoms with Crippen molar-refractivity contribution in [1.29, 1.82) is 0 Å². The first-order valence-corrected chi connectivity index (χ1v) is 7.72. The molecule has 128 valence electrons. The molecule has 0 radical (unpaired) electrons. The number of carboxylic acid groups (broad SMARTS) is 1. The molecule has 2 aromatic rings. The Labute approximate surface area is 137 Å². The van der Waals surface area contributed by atoms with Gasteiger partial charge in [0.05, 0.1) is 36.7 Å². The third-order valence-electron chi connectivity index (χ3n) is 4.30. The van der Waals surface area contributed by atoms with Gasteiger partial charge in [-0.3, -0.25) is 18.7 Å². The minimum atomic E-state index is -0.981. The minimum Gasteiger partial charge on any atom is -0.481 e. The number of benzene rings is 1. The van der Waals surface area contributed by atoms with Crippen molar-refractivity contribution in [2.45, 2.75) is 19.0 Å². The van der Waals surface area contributed by atoms with Crippen LogP contribution in [0.5, 0.6) is 0 Å². The number of imidazole rings is 1. The average molecular weight is 333 g/mol. The summed E-state index contributed by atoms with van der Waals surface area (Å²) in [6.45, 7) is 0.779. The summed E-state index contributed by atoms with van der Waals surface area (Å²) in [7, 11) is 1.66. The van der Waals surface area contributed by atoms with Crippen LogP contribution in [-0.2, 0) is 27.9 Å². The van der Waals surface area contributed by atoms with Crippen molar-refractivity contribution in [3.05, 3.63) is 34.7 Å². The van der Waals surface area contributed by atoms with Crippen LogP contribution in [0.4, 0.5) is 0 Å². The second kappa shape index (κ2) is 6.48. The number of nitrogens with zero attached hydrogens (tertiary/aromatic N) is 3. The van der Waals surface area contributed by atoms with Crippen LogP contribution < -0.4 is 5.69 Å². The first-order chi connectivity index (χ1) is 11.5. The van der Waals surface area contributed by atoms with Gasteiger partial charge in [0, 0.05) is 13.6 Å². The number of morpholine rings is 1. The summed E-state index contributed by atoms with van der Waals surface area (Å²) < 4.78 is 8.20. The van der Waals surface area contributed by atoms with Crippen LogP contribution in [0.15, 0.2) is 29.1 Å². The van der Waals surface area contributed by atoms with E-state index < -0.39 is 12.0 Å². The number of fused-ring (bicyclic) bond motifs is 1. The molecule has 1 aromatic heterocycles. The van der Waals surface area contributed by atoms with E-state index in [0.29, 0.717) is 18.7 Å². The van der Waals surface area contributed by atoms with Gasteiger partial charge < -0.3 is 14.7 Å². The second-order valence-electron chi connectivity index (χ2n) is 5.83. The summed E-state index contributed by atoms with van der Waals surface area (Å²) in [6, 6.07) is 6.75. The van der Waals surface area contributed by atoms with Crippen LogP contribution in [0.3, 0.4) is 0 Å². The van der Waals surface area contributed by atoms with Crippen molar-refractivity contribution in [3.63, 3.8) is 0 Å². The number of aryl methyl sites for hydroxylation is 1. The van der Waals surface area contributed by atoms with E-state index in [9.17, 15) is 14.4 Å². The van der Waals surface area contributed by atoms with E-state index in [2.05, 4.69) is 0 Å². The zero-order chi connectivity index (χ0) is 17.3. The third kappa shape index (κ3) is 2.92. The van der Waals surface area contributed by atoms with Crippen molar-refractivity contribution in [2.75, 3.05) is 19.8 Å². The fourth-order valence-corrected chi connectivity index (χ4v) is 3.10. The van der Waals surface area contributed by atoms with Crippen LogP contribution >= 0.6 is 0 Å². The highest BCUT2D eigenvalue weighted by atomic mass is 16.5. The Morgan fingerprint density at radius 2 is 2.00 bits per heavy atom.